The molecule has 1 fully saturated rings. The van der Waals surface area contributed by atoms with Gasteiger partial charge in [0, 0.05) is 19.0 Å². The number of nitrogens with zero attached hydrogens (tertiary/aromatic N) is 1. The van der Waals surface area contributed by atoms with Crippen molar-refractivity contribution in [2.75, 3.05) is 6.54 Å². The second kappa shape index (κ2) is 4.99. The predicted molar refractivity (Wildman–Crippen MR) is 72.9 cm³/mol. The first-order valence-electron chi connectivity index (χ1n) is 7.01. The summed E-state index contributed by atoms with van der Waals surface area (Å²) < 4.78 is 0. The summed E-state index contributed by atoms with van der Waals surface area (Å²) in [7, 11) is 0. The second-order valence-corrected chi connectivity index (χ2v) is 6.71. The first-order chi connectivity index (χ1) is 7.73. The molecule has 0 aliphatic carbocycles. The van der Waals surface area contributed by atoms with Gasteiger partial charge < -0.3 is 4.90 Å². The number of hydrogen-bond acceptors (Lipinski definition) is 1. The van der Waals surface area contributed by atoms with E-state index in [9.17, 15) is 4.79 Å². The van der Waals surface area contributed by atoms with Crippen molar-refractivity contribution >= 4 is 5.91 Å². The van der Waals surface area contributed by atoms with Crippen molar-refractivity contribution in [1.82, 2.24) is 4.90 Å². The Kier molecular flexibility index (Phi) is 4.27. The Bertz CT molecular complexity index is 285. The highest BCUT2D eigenvalue weighted by Gasteiger charge is 2.40. The number of hydrogen-bond donors (Lipinski definition) is 0. The molecule has 0 N–H and O–H groups in total. The van der Waals surface area contributed by atoms with Gasteiger partial charge in [-0.15, -0.1) is 0 Å². The van der Waals surface area contributed by atoms with Gasteiger partial charge in [-0.3, -0.25) is 4.79 Å². The predicted octanol–water partition coefficient (Wildman–Crippen LogP) is 3.85. The average Bonchev–Trinajstić information content (AvgIpc) is 2.20. The largest absolute Gasteiger partial charge is 0.338 e. The summed E-state index contributed by atoms with van der Waals surface area (Å²) in [6, 6.07) is 0. The van der Waals surface area contributed by atoms with E-state index in [1.807, 2.05) is 0 Å². The maximum atomic E-state index is 11.8. The summed E-state index contributed by atoms with van der Waals surface area (Å²) in [4.78, 5) is 13.9. The van der Waals surface area contributed by atoms with Crippen molar-refractivity contribution in [3.05, 3.63) is 0 Å². The van der Waals surface area contributed by atoms with Crippen LogP contribution >= 0.6 is 0 Å². The normalized spacial score (nSPS) is 34.0. The molecule has 0 saturated carbocycles. The molecule has 2 heteroatoms. The lowest BCUT2D eigenvalue weighted by molar-refractivity contribution is -0.137. The molecule has 0 aromatic carbocycles. The monoisotopic (exact) mass is 239 g/mol. The molecular formula is C15H29NO. The number of rotatable bonds is 1. The summed E-state index contributed by atoms with van der Waals surface area (Å²) in [6.07, 6.45) is 4.69. The van der Waals surface area contributed by atoms with Gasteiger partial charge in [-0.1, -0.05) is 27.2 Å². The SMILES string of the molecule is CCC1(C)CC(C)(C)N(C(C)=O)CCCC1C. The van der Waals surface area contributed by atoms with Gasteiger partial charge in [0.2, 0.25) is 5.91 Å². The number of likely N-dealkylation sites (tertiary alicyclic amines) is 1. The Morgan fingerprint density at radius 2 is 1.94 bits per heavy atom. The minimum atomic E-state index is -0.00866. The Balaban J connectivity index is 2.99. The van der Waals surface area contributed by atoms with E-state index in [0.717, 1.165) is 25.3 Å². The van der Waals surface area contributed by atoms with Crippen LogP contribution in [0.2, 0.25) is 0 Å². The molecule has 1 heterocycles. The fourth-order valence-corrected chi connectivity index (χ4v) is 3.52. The first kappa shape index (κ1) is 14.5. The number of carbonyl (C=O) groups is 1. The van der Waals surface area contributed by atoms with Gasteiger partial charge in [-0.2, -0.15) is 0 Å². The van der Waals surface area contributed by atoms with E-state index in [0.29, 0.717) is 5.41 Å². The molecule has 1 rings (SSSR count). The van der Waals surface area contributed by atoms with E-state index < -0.39 is 0 Å². The van der Waals surface area contributed by atoms with Crippen LogP contribution in [-0.2, 0) is 4.79 Å². The Morgan fingerprint density at radius 3 is 2.41 bits per heavy atom. The van der Waals surface area contributed by atoms with Crippen LogP contribution in [0.4, 0.5) is 0 Å². The zero-order chi connectivity index (χ0) is 13.3. The van der Waals surface area contributed by atoms with Gasteiger partial charge in [-0.25, -0.2) is 0 Å². The minimum absolute atomic E-state index is 0.00866. The highest BCUT2D eigenvalue weighted by Crippen LogP contribution is 2.44. The molecule has 0 aromatic heterocycles. The molecule has 100 valence electrons. The molecule has 0 radical (unpaired) electrons. The zero-order valence-corrected chi connectivity index (χ0v) is 12.5. The van der Waals surface area contributed by atoms with Crippen molar-refractivity contribution in [3.8, 4) is 0 Å². The van der Waals surface area contributed by atoms with Gasteiger partial charge in [0.25, 0.3) is 0 Å². The van der Waals surface area contributed by atoms with Gasteiger partial charge in [-0.05, 0) is 44.4 Å². The topological polar surface area (TPSA) is 20.3 Å². The Hall–Kier alpha value is -0.530. The lowest BCUT2D eigenvalue weighted by Crippen LogP contribution is -2.52. The van der Waals surface area contributed by atoms with E-state index in [2.05, 4.69) is 39.5 Å². The lowest BCUT2D eigenvalue weighted by atomic mass is 9.66. The fraction of sp³-hybridized carbons (Fsp3) is 0.933. The molecule has 17 heavy (non-hydrogen) atoms. The second-order valence-electron chi connectivity index (χ2n) is 6.71. The van der Waals surface area contributed by atoms with E-state index >= 15 is 0 Å². The van der Waals surface area contributed by atoms with E-state index in [-0.39, 0.29) is 11.4 Å². The summed E-state index contributed by atoms with van der Waals surface area (Å²) in [5.74, 6) is 0.976. The van der Waals surface area contributed by atoms with E-state index in [1.165, 1.54) is 12.8 Å². The smallest absolute Gasteiger partial charge is 0.219 e. The van der Waals surface area contributed by atoms with Gasteiger partial charge in [0.05, 0.1) is 0 Å². The van der Waals surface area contributed by atoms with Crippen molar-refractivity contribution in [2.45, 2.75) is 72.8 Å². The molecule has 0 aromatic rings. The highest BCUT2D eigenvalue weighted by atomic mass is 16.2. The molecule has 1 aliphatic heterocycles. The molecule has 0 spiro atoms. The summed E-state index contributed by atoms with van der Waals surface area (Å²) in [6.45, 7) is 14.1. The molecule has 1 amide bonds. The molecule has 2 unspecified atom stereocenters. The Labute approximate surface area is 107 Å². The third-order valence-electron chi connectivity index (χ3n) is 4.96. The van der Waals surface area contributed by atoms with Crippen molar-refractivity contribution in [2.24, 2.45) is 11.3 Å². The van der Waals surface area contributed by atoms with Crippen LogP contribution in [0.3, 0.4) is 0 Å². The molecular weight excluding hydrogens is 210 g/mol. The zero-order valence-electron chi connectivity index (χ0n) is 12.5. The van der Waals surface area contributed by atoms with Gasteiger partial charge in [0.1, 0.15) is 0 Å². The van der Waals surface area contributed by atoms with Crippen molar-refractivity contribution in [1.29, 1.82) is 0 Å². The van der Waals surface area contributed by atoms with E-state index in [4.69, 9.17) is 0 Å². The minimum Gasteiger partial charge on any atom is -0.338 e. The maximum Gasteiger partial charge on any atom is 0.219 e. The van der Waals surface area contributed by atoms with Crippen LogP contribution in [-0.4, -0.2) is 22.9 Å². The molecule has 1 aliphatic rings. The fourth-order valence-electron chi connectivity index (χ4n) is 3.52. The quantitative estimate of drug-likeness (QED) is 0.680. The highest BCUT2D eigenvalue weighted by molar-refractivity contribution is 5.74. The van der Waals surface area contributed by atoms with Gasteiger partial charge in [0.15, 0.2) is 0 Å². The van der Waals surface area contributed by atoms with E-state index in [1.54, 1.807) is 6.92 Å². The lowest BCUT2D eigenvalue weighted by Gasteiger charge is -2.48. The summed E-state index contributed by atoms with van der Waals surface area (Å²) in [5, 5.41) is 0. The molecule has 2 nitrogen and oxygen atoms in total. The average molecular weight is 239 g/mol. The van der Waals surface area contributed by atoms with Crippen molar-refractivity contribution in [3.63, 3.8) is 0 Å². The van der Waals surface area contributed by atoms with Crippen LogP contribution < -0.4 is 0 Å². The van der Waals surface area contributed by atoms with Crippen LogP contribution in [0, 0.1) is 11.3 Å². The molecule has 0 bridgehead atoms. The third kappa shape index (κ3) is 3.02. The van der Waals surface area contributed by atoms with Crippen LogP contribution in [0.15, 0.2) is 0 Å². The van der Waals surface area contributed by atoms with Gasteiger partial charge >= 0.3 is 0 Å². The standard InChI is InChI=1S/C15H29NO/c1-7-15(6)11-14(4,5)16(13(3)17)10-8-9-12(15)2/h12H,7-11H2,1-6H3. The number of amides is 1. The van der Waals surface area contributed by atoms with Crippen LogP contribution in [0.1, 0.15) is 67.2 Å². The van der Waals surface area contributed by atoms with Crippen LogP contribution in [0.25, 0.3) is 0 Å². The third-order valence-corrected chi connectivity index (χ3v) is 4.96. The van der Waals surface area contributed by atoms with Crippen molar-refractivity contribution < 1.29 is 4.79 Å². The number of carbonyl (C=O) groups excluding carboxylic acids is 1. The maximum absolute atomic E-state index is 11.8. The Morgan fingerprint density at radius 1 is 1.35 bits per heavy atom. The molecule has 2 atom stereocenters. The summed E-state index contributed by atoms with van der Waals surface area (Å²) >= 11 is 0. The van der Waals surface area contributed by atoms with Crippen LogP contribution in [0.5, 0.6) is 0 Å². The first-order valence-corrected chi connectivity index (χ1v) is 7.01. The molecule has 1 saturated heterocycles. The summed E-state index contributed by atoms with van der Waals surface area (Å²) in [5.41, 5.74) is 0.350.